The summed E-state index contributed by atoms with van der Waals surface area (Å²) in [5.74, 6) is -0.211. The Morgan fingerprint density at radius 1 is 1.23 bits per heavy atom. The fourth-order valence-electron chi connectivity index (χ4n) is 3.48. The Kier molecular flexibility index (Phi) is 4.34. The molecule has 0 spiro atoms. The minimum atomic E-state index is -0.692. The molecule has 2 saturated heterocycles. The van der Waals surface area contributed by atoms with Crippen LogP contribution in [0.5, 0.6) is 5.75 Å². The Hall–Kier alpha value is -1.62. The summed E-state index contributed by atoms with van der Waals surface area (Å²) >= 11 is 0. The SMILES string of the molecule is CC(Oc1ccc(F)cc1)C(=O)OC1C[C@H]2CC[C@@H](C1)N2C. The van der Waals surface area contributed by atoms with E-state index in [0.717, 1.165) is 12.8 Å². The molecule has 0 radical (unpaired) electrons. The molecular weight excluding hydrogens is 285 g/mol. The number of hydrogen-bond acceptors (Lipinski definition) is 4. The molecule has 120 valence electrons. The first-order valence-corrected chi connectivity index (χ1v) is 7.87. The van der Waals surface area contributed by atoms with Crippen molar-refractivity contribution in [3.05, 3.63) is 30.1 Å². The number of benzene rings is 1. The molecule has 5 heteroatoms. The Morgan fingerprint density at radius 3 is 2.41 bits per heavy atom. The number of carbonyl (C=O) groups excluding carboxylic acids is 1. The first-order chi connectivity index (χ1) is 10.5. The van der Waals surface area contributed by atoms with Gasteiger partial charge in [0.1, 0.15) is 17.7 Å². The van der Waals surface area contributed by atoms with Crippen molar-refractivity contribution in [3.63, 3.8) is 0 Å². The van der Waals surface area contributed by atoms with Crippen LogP contribution in [0.15, 0.2) is 24.3 Å². The van der Waals surface area contributed by atoms with Crippen LogP contribution in [-0.4, -0.2) is 42.2 Å². The van der Waals surface area contributed by atoms with Crippen LogP contribution in [-0.2, 0) is 9.53 Å². The highest BCUT2D eigenvalue weighted by Gasteiger charge is 2.40. The van der Waals surface area contributed by atoms with E-state index < -0.39 is 6.10 Å². The molecule has 4 atom stereocenters. The molecule has 2 aliphatic rings. The third-order valence-corrected chi connectivity index (χ3v) is 4.80. The third-order valence-electron chi connectivity index (χ3n) is 4.80. The van der Waals surface area contributed by atoms with Crippen molar-refractivity contribution in [1.82, 2.24) is 4.90 Å². The minimum Gasteiger partial charge on any atom is -0.479 e. The zero-order valence-electron chi connectivity index (χ0n) is 13.0. The summed E-state index contributed by atoms with van der Waals surface area (Å²) in [5, 5.41) is 0. The molecule has 2 bridgehead atoms. The van der Waals surface area contributed by atoms with E-state index >= 15 is 0 Å². The molecule has 0 N–H and O–H groups in total. The van der Waals surface area contributed by atoms with E-state index in [0.29, 0.717) is 17.8 Å². The molecule has 0 aliphatic carbocycles. The van der Waals surface area contributed by atoms with Gasteiger partial charge in [-0.05, 0) is 63.9 Å². The number of carbonyl (C=O) groups is 1. The van der Waals surface area contributed by atoms with E-state index in [1.807, 2.05) is 0 Å². The molecule has 3 rings (SSSR count). The van der Waals surface area contributed by atoms with E-state index in [1.54, 1.807) is 6.92 Å². The summed E-state index contributed by atoms with van der Waals surface area (Å²) < 4.78 is 24.0. The average molecular weight is 307 g/mol. The van der Waals surface area contributed by atoms with Crippen molar-refractivity contribution < 1.29 is 18.7 Å². The van der Waals surface area contributed by atoms with Gasteiger partial charge in [-0.3, -0.25) is 0 Å². The van der Waals surface area contributed by atoms with Gasteiger partial charge in [-0.15, -0.1) is 0 Å². The second kappa shape index (κ2) is 6.24. The standard InChI is InChI=1S/C17H22FNO3/c1-11(21-15-7-3-12(18)4-8-15)17(20)22-16-9-13-5-6-14(10-16)19(13)2/h3-4,7-8,11,13-14,16H,5-6,9-10H2,1-2H3/t11?,13-,14+,16?. The van der Waals surface area contributed by atoms with Gasteiger partial charge in [0.15, 0.2) is 6.10 Å². The normalized spacial score (nSPS) is 29.1. The maximum Gasteiger partial charge on any atom is 0.347 e. The molecule has 2 aliphatic heterocycles. The topological polar surface area (TPSA) is 38.8 Å². The molecule has 0 saturated carbocycles. The van der Waals surface area contributed by atoms with E-state index in [1.165, 1.54) is 37.1 Å². The van der Waals surface area contributed by atoms with E-state index in [9.17, 15) is 9.18 Å². The molecule has 0 amide bonds. The maximum atomic E-state index is 12.9. The van der Waals surface area contributed by atoms with Crippen LogP contribution in [0, 0.1) is 5.82 Å². The summed E-state index contributed by atoms with van der Waals surface area (Å²) in [4.78, 5) is 14.6. The Labute approximate surface area is 130 Å². The van der Waals surface area contributed by atoms with E-state index in [-0.39, 0.29) is 17.9 Å². The van der Waals surface area contributed by atoms with Gasteiger partial charge in [0.05, 0.1) is 0 Å². The lowest BCUT2D eigenvalue weighted by molar-refractivity contribution is -0.159. The van der Waals surface area contributed by atoms with Gasteiger partial charge in [0.25, 0.3) is 0 Å². The third kappa shape index (κ3) is 3.24. The minimum absolute atomic E-state index is 0.0135. The van der Waals surface area contributed by atoms with Gasteiger partial charge in [0, 0.05) is 12.1 Å². The van der Waals surface area contributed by atoms with Crippen molar-refractivity contribution in [2.24, 2.45) is 0 Å². The smallest absolute Gasteiger partial charge is 0.347 e. The zero-order valence-corrected chi connectivity index (χ0v) is 13.0. The van der Waals surface area contributed by atoms with E-state index in [2.05, 4.69) is 11.9 Å². The van der Waals surface area contributed by atoms with Crippen LogP contribution in [0.1, 0.15) is 32.6 Å². The van der Waals surface area contributed by atoms with Crippen molar-refractivity contribution in [2.75, 3.05) is 7.05 Å². The summed E-state index contributed by atoms with van der Waals surface area (Å²) in [6, 6.07) is 6.70. The summed E-state index contributed by atoms with van der Waals surface area (Å²) in [7, 11) is 2.15. The summed E-state index contributed by atoms with van der Waals surface area (Å²) in [6.45, 7) is 1.66. The van der Waals surface area contributed by atoms with Crippen LogP contribution in [0.25, 0.3) is 0 Å². The predicted octanol–water partition coefficient (Wildman–Crippen LogP) is 2.76. The summed E-state index contributed by atoms with van der Waals surface area (Å²) in [5.41, 5.74) is 0. The monoisotopic (exact) mass is 307 g/mol. The number of rotatable bonds is 4. The summed E-state index contributed by atoms with van der Waals surface area (Å²) in [6.07, 6.45) is 3.49. The number of halogens is 1. The van der Waals surface area contributed by atoms with Gasteiger partial charge < -0.3 is 14.4 Å². The molecule has 1 aromatic carbocycles. The highest BCUT2D eigenvalue weighted by atomic mass is 19.1. The van der Waals surface area contributed by atoms with Crippen LogP contribution in [0.2, 0.25) is 0 Å². The van der Waals surface area contributed by atoms with Crippen molar-refractivity contribution in [1.29, 1.82) is 0 Å². The molecule has 22 heavy (non-hydrogen) atoms. The lowest BCUT2D eigenvalue weighted by atomic mass is 10.0. The largest absolute Gasteiger partial charge is 0.479 e. The van der Waals surface area contributed by atoms with Crippen molar-refractivity contribution in [3.8, 4) is 5.75 Å². The molecule has 1 aromatic rings. The number of piperidine rings is 1. The average Bonchev–Trinajstić information content (AvgIpc) is 2.72. The van der Waals surface area contributed by atoms with Crippen LogP contribution >= 0.6 is 0 Å². The molecule has 2 heterocycles. The van der Waals surface area contributed by atoms with Gasteiger partial charge in [-0.1, -0.05) is 0 Å². The van der Waals surface area contributed by atoms with Gasteiger partial charge in [-0.25, -0.2) is 9.18 Å². The number of ether oxygens (including phenoxy) is 2. The molecule has 0 aromatic heterocycles. The number of hydrogen-bond donors (Lipinski definition) is 0. The van der Waals surface area contributed by atoms with Gasteiger partial charge in [0.2, 0.25) is 0 Å². The molecule has 2 fully saturated rings. The van der Waals surface area contributed by atoms with Crippen LogP contribution < -0.4 is 4.74 Å². The van der Waals surface area contributed by atoms with Gasteiger partial charge >= 0.3 is 5.97 Å². The van der Waals surface area contributed by atoms with Crippen molar-refractivity contribution in [2.45, 2.75) is 56.9 Å². The van der Waals surface area contributed by atoms with Gasteiger partial charge in [-0.2, -0.15) is 0 Å². The quantitative estimate of drug-likeness (QED) is 0.802. The lowest BCUT2D eigenvalue weighted by Crippen LogP contribution is -2.44. The second-order valence-corrected chi connectivity index (χ2v) is 6.29. The van der Waals surface area contributed by atoms with Crippen LogP contribution in [0.3, 0.4) is 0 Å². The van der Waals surface area contributed by atoms with Crippen molar-refractivity contribution >= 4 is 5.97 Å². The lowest BCUT2D eigenvalue weighted by Gasteiger charge is -2.36. The first kappa shape index (κ1) is 15.3. The fraction of sp³-hybridized carbons (Fsp3) is 0.588. The number of esters is 1. The zero-order chi connectivity index (χ0) is 15.7. The number of nitrogens with zero attached hydrogens (tertiary/aromatic N) is 1. The number of fused-ring (bicyclic) bond motifs is 2. The molecular formula is C17H22FNO3. The molecule has 4 nitrogen and oxygen atoms in total. The highest BCUT2D eigenvalue weighted by molar-refractivity contribution is 5.74. The Balaban J connectivity index is 1.52. The Bertz CT molecular complexity index is 519. The Morgan fingerprint density at radius 2 is 1.82 bits per heavy atom. The highest BCUT2D eigenvalue weighted by Crippen LogP contribution is 2.35. The predicted molar refractivity (Wildman–Crippen MR) is 80.2 cm³/mol. The first-order valence-electron chi connectivity index (χ1n) is 7.87. The van der Waals surface area contributed by atoms with Crippen LogP contribution in [0.4, 0.5) is 4.39 Å². The maximum absolute atomic E-state index is 12.9. The molecule has 2 unspecified atom stereocenters. The second-order valence-electron chi connectivity index (χ2n) is 6.29. The fourth-order valence-corrected chi connectivity index (χ4v) is 3.48. The van der Waals surface area contributed by atoms with E-state index in [4.69, 9.17) is 9.47 Å².